The average molecular weight is 476 g/mol. The van der Waals surface area contributed by atoms with Crippen LogP contribution in [-0.2, 0) is 16.1 Å². The highest BCUT2D eigenvalue weighted by atomic mass is 35.5. The molecule has 1 unspecified atom stereocenters. The lowest BCUT2D eigenvalue weighted by Crippen LogP contribution is -2.36. The lowest BCUT2D eigenvalue weighted by atomic mass is 10.0. The van der Waals surface area contributed by atoms with E-state index in [0.717, 1.165) is 29.9 Å². The van der Waals surface area contributed by atoms with E-state index in [2.05, 4.69) is 15.4 Å². The molecule has 2 aromatic rings. The van der Waals surface area contributed by atoms with Gasteiger partial charge in [-0.1, -0.05) is 17.3 Å². The van der Waals surface area contributed by atoms with Crippen molar-refractivity contribution in [3.63, 3.8) is 0 Å². The smallest absolute Gasteiger partial charge is 0.257 e. The molecule has 0 radical (unpaired) electrons. The highest BCUT2D eigenvalue weighted by Gasteiger charge is 2.22. The minimum absolute atomic E-state index is 0.0804. The zero-order chi connectivity index (χ0) is 22.7. The third-order valence-electron chi connectivity index (χ3n) is 5.30. The molecule has 1 fully saturated rings. The molecule has 3 heterocycles. The molecule has 0 aliphatic carbocycles. The van der Waals surface area contributed by atoms with Gasteiger partial charge in [-0.05, 0) is 18.6 Å². The molecule has 1 amide bonds. The molecule has 1 aromatic carbocycles. The maximum Gasteiger partial charge on any atom is 0.257 e. The van der Waals surface area contributed by atoms with Crippen molar-refractivity contribution in [3.8, 4) is 11.3 Å². The Balaban J connectivity index is 1.54. The van der Waals surface area contributed by atoms with Crippen molar-refractivity contribution >= 4 is 40.8 Å². The van der Waals surface area contributed by atoms with Crippen molar-refractivity contribution in [2.24, 2.45) is 0 Å². The van der Waals surface area contributed by atoms with E-state index in [1.165, 1.54) is 11.8 Å². The SMILES string of the molecule is CN(C)C(=N)c1ccc(-c2cc(CNC(=O)C3=CCC(Cl)S3)on2)c(N2CCOCC2)c1. The van der Waals surface area contributed by atoms with Crippen molar-refractivity contribution < 1.29 is 14.1 Å². The second kappa shape index (κ2) is 9.97. The number of alkyl halides is 1. The first-order valence-electron chi connectivity index (χ1n) is 10.4. The van der Waals surface area contributed by atoms with Gasteiger partial charge in [0.2, 0.25) is 0 Å². The molecular formula is C22H26ClN5O3S. The van der Waals surface area contributed by atoms with Crippen LogP contribution in [0, 0.1) is 5.41 Å². The van der Waals surface area contributed by atoms with E-state index >= 15 is 0 Å². The Labute approximate surface area is 196 Å². The number of nitrogens with one attached hydrogen (secondary N) is 2. The number of hydrogen-bond donors (Lipinski definition) is 2. The van der Waals surface area contributed by atoms with Crippen LogP contribution in [0.4, 0.5) is 5.69 Å². The number of morpholine rings is 1. The number of halogens is 1. The second-order valence-electron chi connectivity index (χ2n) is 7.77. The summed E-state index contributed by atoms with van der Waals surface area (Å²) in [6, 6.07) is 7.76. The summed E-state index contributed by atoms with van der Waals surface area (Å²) in [5, 5.41) is 15.5. The maximum absolute atomic E-state index is 12.3. The average Bonchev–Trinajstić information content (AvgIpc) is 3.46. The summed E-state index contributed by atoms with van der Waals surface area (Å²) in [7, 11) is 3.71. The summed E-state index contributed by atoms with van der Waals surface area (Å²) >= 11 is 7.41. The van der Waals surface area contributed by atoms with Crippen molar-refractivity contribution in [1.29, 1.82) is 5.41 Å². The van der Waals surface area contributed by atoms with Crippen LogP contribution in [0.2, 0.25) is 0 Å². The minimum atomic E-state index is -0.156. The topological polar surface area (TPSA) is 94.7 Å². The van der Waals surface area contributed by atoms with Gasteiger partial charge in [-0.2, -0.15) is 0 Å². The molecule has 1 aromatic heterocycles. The summed E-state index contributed by atoms with van der Waals surface area (Å²) in [4.78, 5) is 17.0. The Hall–Kier alpha value is -2.49. The predicted octanol–water partition coefficient (Wildman–Crippen LogP) is 3.27. The first kappa shape index (κ1) is 22.7. The quantitative estimate of drug-likeness (QED) is 0.376. The fourth-order valence-corrected chi connectivity index (χ4v) is 4.79. The molecule has 2 aliphatic rings. The highest BCUT2D eigenvalue weighted by molar-refractivity contribution is 8.05. The number of thioether (sulfide) groups is 1. The van der Waals surface area contributed by atoms with Crippen LogP contribution in [-0.4, -0.2) is 66.9 Å². The lowest BCUT2D eigenvalue weighted by molar-refractivity contribution is -0.117. The maximum atomic E-state index is 12.3. The molecule has 10 heteroatoms. The van der Waals surface area contributed by atoms with Crippen LogP contribution in [0.1, 0.15) is 17.7 Å². The first-order chi connectivity index (χ1) is 15.4. The number of aromatic nitrogens is 1. The number of ether oxygens (including phenoxy) is 1. The second-order valence-corrected chi connectivity index (χ2v) is 9.80. The fraction of sp³-hybridized carbons (Fsp3) is 0.409. The molecule has 2 N–H and O–H groups in total. The fourth-order valence-electron chi connectivity index (χ4n) is 3.58. The van der Waals surface area contributed by atoms with E-state index in [1.54, 1.807) is 4.90 Å². The van der Waals surface area contributed by atoms with Gasteiger partial charge >= 0.3 is 0 Å². The Morgan fingerprint density at radius 3 is 2.81 bits per heavy atom. The van der Waals surface area contributed by atoms with Gasteiger partial charge < -0.3 is 24.4 Å². The molecule has 0 bridgehead atoms. The molecule has 1 atom stereocenters. The van der Waals surface area contributed by atoms with E-state index < -0.39 is 0 Å². The molecule has 0 spiro atoms. The number of nitrogens with zero attached hydrogens (tertiary/aromatic N) is 3. The van der Waals surface area contributed by atoms with Crippen LogP contribution in [0.25, 0.3) is 11.3 Å². The van der Waals surface area contributed by atoms with Gasteiger partial charge in [0.1, 0.15) is 11.5 Å². The molecule has 8 nitrogen and oxygen atoms in total. The molecule has 170 valence electrons. The number of benzene rings is 1. The van der Waals surface area contributed by atoms with E-state index in [4.69, 9.17) is 26.3 Å². The van der Waals surface area contributed by atoms with Gasteiger partial charge in [-0.15, -0.1) is 23.4 Å². The third-order valence-corrected chi connectivity index (χ3v) is 6.80. The highest BCUT2D eigenvalue weighted by Crippen LogP contribution is 2.35. The van der Waals surface area contributed by atoms with Gasteiger partial charge in [0.25, 0.3) is 5.91 Å². The first-order valence-corrected chi connectivity index (χ1v) is 11.7. The van der Waals surface area contributed by atoms with E-state index in [9.17, 15) is 4.79 Å². The van der Waals surface area contributed by atoms with Gasteiger partial charge in [0, 0.05) is 50.1 Å². The number of rotatable bonds is 6. The van der Waals surface area contributed by atoms with E-state index in [-0.39, 0.29) is 17.2 Å². The minimum Gasteiger partial charge on any atom is -0.378 e. The number of amidine groups is 1. The molecule has 1 saturated heterocycles. The number of carbonyl (C=O) groups excluding carboxylic acids is 1. The summed E-state index contributed by atoms with van der Waals surface area (Å²) in [5.41, 5.74) is 3.43. The van der Waals surface area contributed by atoms with Crippen LogP contribution in [0.3, 0.4) is 0 Å². The molecule has 0 saturated carbocycles. The van der Waals surface area contributed by atoms with Gasteiger partial charge in [-0.3, -0.25) is 10.2 Å². The summed E-state index contributed by atoms with van der Waals surface area (Å²) < 4.78 is 10.9. The zero-order valence-corrected chi connectivity index (χ0v) is 19.6. The van der Waals surface area contributed by atoms with Crippen molar-refractivity contribution in [3.05, 3.63) is 46.6 Å². The summed E-state index contributed by atoms with van der Waals surface area (Å²) in [5.74, 6) is 0.849. The largest absolute Gasteiger partial charge is 0.378 e. The number of carbonyl (C=O) groups is 1. The summed E-state index contributed by atoms with van der Waals surface area (Å²) in [6.07, 6.45) is 2.54. The van der Waals surface area contributed by atoms with Gasteiger partial charge in [0.05, 0.1) is 29.4 Å². The Morgan fingerprint density at radius 2 is 2.12 bits per heavy atom. The molecule has 4 rings (SSSR count). The van der Waals surface area contributed by atoms with Crippen LogP contribution in [0.5, 0.6) is 0 Å². The van der Waals surface area contributed by atoms with Gasteiger partial charge in [-0.25, -0.2) is 0 Å². The Kier molecular flexibility index (Phi) is 7.07. The van der Waals surface area contributed by atoms with E-state index in [0.29, 0.717) is 41.8 Å². The van der Waals surface area contributed by atoms with Crippen molar-refractivity contribution in [2.75, 3.05) is 45.3 Å². The number of anilines is 1. The van der Waals surface area contributed by atoms with Gasteiger partial charge in [0.15, 0.2) is 5.76 Å². The van der Waals surface area contributed by atoms with Crippen LogP contribution in [0.15, 0.2) is 39.8 Å². The standard InChI is InChI=1S/C22H26ClN5O3S/c1-27(2)21(24)14-3-4-16(18(11-14)28-7-9-30-10-8-28)17-12-15(31-26-17)13-25-22(29)19-5-6-20(23)32-19/h3-5,11-12,20,24H,6-10,13H2,1-2H3,(H,25,29). The van der Waals surface area contributed by atoms with E-state index in [1.807, 2.05) is 44.4 Å². The Morgan fingerprint density at radius 1 is 1.34 bits per heavy atom. The van der Waals surface area contributed by atoms with Crippen LogP contribution >= 0.6 is 23.4 Å². The number of hydrogen-bond acceptors (Lipinski definition) is 7. The summed E-state index contributed by atoms with van der Waals surface area (Å²) in [6.45, 7) is 3.08. The monoisotopic (exact) mass is 475 g/mol. The predicted molar refractivity (Wildman–Crippen MR) is 127 cm³/mol. The van der Waals surface area contributed by atoms with Crippen molar-refractivity contribution in [1.82, 2.24) is 15.4 Å². The normalized spacial score (nSPS) is 18.4. The molecule has 2 aliphatic heterocycles. The third kappa shape index (κ3) is 5.11. The number of amides is 1. The Bertz CT molecular complexity index is 1030. The number of allylic oxidation sites excluding steroid dienone is 1. The molecule has 32 heavy (non-hydrogen) atoms. The molecular weight excluding hydrogens is 450 g/mol. The van der Waals surface area contributed by atoms with Crippen molar-refractivity contribution in [2.45, 2.75) is 17.7 Å². The zero-order valence-electron chi connectivity index (χ0n) is 18.1. The lowest BCUT2D eigenvalue weighted by Gasteiger charge is -2.31. The van der Waals surface area contributed by atoms with Crippen LogP contribution < -0.4 is 10.2 Å².